The van der Waals surface area contributed by atoms with Gasteiger partial charge in [0.15, 0.2) is 0 Å². The van der Waals surface area contributed by atoms with Gasteiger partial charge in [0.1, 0.15) is 5.82 Å². The van der Waals surface area contributed by atoms with Gasteiger partial charge in [-0.2, -0.15) is 0 Å². The predicted octanol–water partition coefficient (Wildman–Crippen LogP) is 3.88. The number of aliphatic hydroxyl groups is 1. The molecule has 0 saturated carbocycles. The average molecular weight is 375 g/mol. The van der Waals surface area contributed by atoms with Crippen LogP contribution in [0.5, 0.6) is 0 Å². The molecule has 1 aromatic heterocycles. The van der Waals surface area contributed by atoms with E-state index in [4.69, 9.17) is 9.72 Å². The first kappa shape index (κ1) is 17.6. The molecular formula is C23H25N3O2. The van der Waals surface area contributed by atoms with Gasteiger partial charge in [0.2, 0.25) is 0 Å². The van der Waals surface area contributed by atoms with Crippen molar-refractivity contribution in [2.45, 2.75) is 43.5 Å². The van der Waals surface area contributed by atoms with Crippen LogP contribution in [0.25, 0.3) is 11.0 Å². The fourth-order valence-electron chi connectivity index (χ4n) is 4.59. The van der Waals surface area contributed by atoms with E-state index in [1.165, 1.54) is 0 Å². The highest BCUT2D eigenvalue weighted by molar-refractivity contribution is 5.75. The summed E-state index contributed by atoms with van der Waals surface area (Å²) in [7, 11) is 0. The van der Waals surface area contributed by atoms with Crippen LogP contribution in [0.4, 0.5) is 5.82 Å². The molecule has 3 aromatic rings. The highest BCUT2D eigenvalue weighted by Gasteiger charge is 2.43. The smallest absolute Gasteiger partial charge is 0.147 e. The monoisotopic (exact) mass is 375 g/mol. The predicted molar refractivity (Wildman–Crippen MR) is 109 cm³/mol. The molecule has 1 N–H and O–H groups in total. The van der Waals surface area contributed by atoms with Gasteiger partial charge in [0.05, 0.1) is 35.0 Å². The van der Waals surface area contributed by atoms with Crippen LogP contribution in [0.2, 0.25) is 0 Å². The van der Waals surface area contributed by atoms with E-state index in [2.05, 4.69) is 22.0 Å². The SMILES string of the molecule is O[C@@H]1C[C@H](c2ccccc2)OC2(CCN(c3cnc4ccccc4n3)CC2)C1. The zero-order chi connectivity index (χ0) is 19.0. The highest BCUT2D eigenvalue weighted by atomic mass is 16.5. The van der Waals surface area contributed by atoms with Crippen LogP contribution >= 0.6 is 0 Å². The lowest BCUT2D eigenvalue weighted by molar-refractivity contribution is -0.173. The lowest BCUT2D eigenvalue weighted by atomic mass is 9.81. The van der Waals surface area contributed by atoms with Gasteiger partial charge in [-0.1, -0.05) is 42.5 Å². The van der Waals surface area contributed by atoms with E-state index in [9.17, 15) is 5.11 Å². The van der Waals surface area contributed by atoms with Crippen molar-refractivity contribution in [1.82, 2.24) is 9.97 Å². The minimum Gasteiger partial charge on any atom is -0.393 e. The van der Waals surface area contributed by atoms with E-state index in [1.807, 2.05) is 48.7 Å². The van der Waals surface area contributed by atoms with Gasteiger partial charge in [-0.3, -0.25) is 4.98 Å². The third kappa shape index (κ3) is 3.36. The molecule has 1 spiro atoms. The van der Waals surface area contributed by atoms with Gasteiger partial charge in [-0.25, -0.2) is 4.98 Å². The molecule has 0 radical (unpaired) electrons. The van der Waals surface area contributed by atoms with Crippen molar-refractivity contribution in [3.63, 3.8) is 0 Å². The van der Waals surface area contributed by atoms with Crippen LogP contribution in [-0.2, 0) is 4.74 Å². The molecule has 5 heteroatoms. The van der Waals surface area contributed by atoms with Gasteiger partial charge >= 0.3 is 0 Å². The fourth-order valence-corrected chi connectivity index (χ4v) is 4.59. The number of hydrogen-bond donors (Lipinski definition) is 1. The number of rotatable bonds is 2. The Morgan fingerprint density at radius 1 is 0.964 bits per heavy atom. The lowest BCUT2D eigenvalue weighted by Gasteiger charge is -2.48. The maximum atomic E-state index is 10.5. The summed E-state index contributed by atoms with van der Waals surface area (Å²) in [6.45, 7) is 1.72. The van der Waals surface area contributed by atoms with Crippen molar-refractivity contribution in [3.05, 3.63) is 66.4 Å². The van der Waals surface area contributed by atoms with E-state index in [1.54, 1.807) is 0 Å². The standard InChI is InChI=1S/C23H25N3O2/c27-18-14-21(17-6-2-1-3-7-17)28-23(15-18)10-12-26(13-11-23)22-16-24-19-8-4-5-9-20(19)25-22/h1-9,16,18,21,27H,10-15H2/t18-,21-/m1/s1. The van der Waals surface area contributed by atoms with E-state index >= 15 is 0 Å². The van der Waals surface area contributed by atoms with E-state index in [0.29, 0.717) is 12.8 Å². The fraction of sp³-hybridized carbons (Fsp3) is 0.391. The number of aliphatic hydroxyl groups excluding tert-OH is 1. The van der Waals surface area contributed by atoms with E-state index in [0.717, 1.165) is 48.3 Å². The summed E-state index contributed by atoms with van der Waals surface area (Å²) in [5.41, 5.74) is 2.75. The Balaban J connectivity index is 1.32. The number of para-hydroxylation sites is 2. The number of benzene rings is 2. The first-order chi connectivity index (χ1) is 13.7. The van der Waals surface area contributed by atoms with Gasteiger partial charge < -0.3 is 14.7 Å². The number of ether oxygens (including phenoxy) is 1. The largest absolute Gasteiger partial charge is 0.393 e. The summed E-state index contributed by atoms with van der Waals surface area (Å²) in [5.74, 6) is 0.921. The van der Waals surface area contributed by atoms with Gasteiger partial charge in [-0.05, 0) is 30.5 Å². The molecule has 2 atom stereocenters. The Hall–Kier alpha value is -2.50. The molecule has 0 bridgehead atoms. The number of aromatic nitrogens is 2. The van der Waals surface area contributed by atoms with Crippen LogP contribution in [0, 0.1) is 0 Å². The zero-order valence-corrected chi connectivity index (χ0v) is 15.9. The normalized spacial score (nSPS) is 24.5. The topological polar surface area (TPSA) is 58.5 Å². The summed E-state index contributed by atoms with van der Waals surface area (Å²) in [5, 5.41) is 10.5. The first-order valence-electron chi connectivity index (χ1n) is 10.1. The first-order valence-corrected chi connectivity index (χ1v) is 10.1. The summed E-state index contributed by atoms with van der Waals surface area (Å²) >= 11 is 0. The molecule has 2 fully saturated rings. The summed E-state index contributed by atoms with van der Waals surface area (Å²) < 4.78 is 6.60. The number of fused-ring (bicyclic) bond motifs is 1. The Labute approximate surface area is 165 Å². The molecule has 28 heavy (non-hydrogen) atoms. The van der Waals surface area contributed by atoms with Crippen LogP contribution in [0.3, 0.4) is 0 Å². The minimum atomic E-state index is -0.314. The van der Waals surface area contributed by atoms with Gasteiger partial charge in [0, 0.05) is 25.9 Å². The van der Waals surface area contributed by atoms with Crippen molar-refractivity contribution < 1.29 is 9.84 Å². The number of hydrogen-bond acceptors (Lipinski definition) is 5. The second-order valence-electron chi connectivity index (χ2n) is 8.00. The van der Waals surface area contributed by atoms with Crippen molar-refractivity contribution in [3.8, 4) is 0 Å². The Morgan fingerprint density at radius 3 is 2.46 bits per heavy atom. The summed E-state index contributed by atoms with van der Waals surface area (Å²) in [6, 6.07) is 18.2. The molecule has 3 heterocycles. The number of anilines is 1. The molecule has 2 aliphatic heterocycles. The lowest BCUT2D eigenvalue weighted by Crippen LogP contribution is -2.51. The van der Waals surface area contributed by atoms with Crippen molar-refractivity contribution in [2.75, 3.05) is 18.0 Å². The molecule has 5 nitrogen and oxygen atoms in total. The van der Waals surface area contributed by atoms with Crippen molar-refractivity contribution in [2.24, 2.45) is 0 Å². The van der Waals surface area contributed by atoms with Crippen LogP contribution < -0.4 is 4.90 Å². The molecule has 144 valence electrons. The molecule has 0 unspecified atom stereocenters. The van der Waals surface area contributed by atoms with Crippen LogP contribution in [-0.4, -0.2) is 39.9 Å². The average Bonchev–Trinajstić information content (AvgIpc) is 2.74. The summed E-state index contributed by atoms with van der Waals surface area (Å²) in [4.78, 5) is 11.6. The second-order valence-corrected chi connectivity index (χ2v) is 8.00. The third-order valence-electron chi connectivity index (χ3n) is 6.09. The molecular weight excluding hydrogens is 350 g/mol. The number of piperidine rings is 1. The molecule has 0 aliphatic carbocycles. The number of nitrogens with zero attached hydrogens (tertiary/aromatic N) is 3. The minimum absolute atomic E-state index is 0.0306. The molecule has 2 aliphatic rings. The van der Waals surface area contributed by atoms with Crippen molar-refractivity contribution >= 4 is 16.9 Å². The van der Waals surface area contributed by atoms with Crippen LogP contribution in [0.15, 0.2) is 60.8 Å². The molecule has 2 saturated heterocycles. The van der Waals surface area contributed by atoms with E-state index < -0.39 is 0 Å². The highest BCUT2D eigenvalue weighted by Crippen LogP contribution is 2.43. The maximum Gasteiger partial charge on any atom is 0.147 e. The quantitative estimate of drug-likeness (QED) is 0.737. The second kappa shape index (κ2) is 7.15. The maximum absolute atomic E-state index is 10.5. The summed E-state index contributed by atoms with van der Waals surface area (Å²) in [6.07, 6.45) is 4.69. The zero-order valence-electron chi connectivity index (χ0n) is 15.9. The van der Waals surface area contributed by atoms with E-state index in [-0.39, 0.29) is 17.8 Å². The van der Waals surface area contributed by atoms with Gasteiger partial charge in [0.25, 0.3) is 0 Å². The van der Waals surface area contributed by atoms with Gasteiger partial charge in [-0.15, -0.1) is 0 Å². The van der Waals surface area contributed by atoms with Crippen LogP contribution in [0.1, 0.15) is 37.4 Å². The Morgan fingerprint density at radius 2 is 1.68 bits per heavy atom. The Bertz CT molecular complexity index is 954. The molecule has 0 amide bonds. The third-order valence-corrected chi connectivity index (χ3v) is 6.09. The van der Waals surface area contributed by atoms with Crippen molar-refractivity contribution in [1.29, 1.82) is 0 Å². The molecule has 5 rings (SSSR count). The molecule has 2 aromatic carbocycles. The Kier molecular flexibility index (Phi) is 4.49.